The molecule has 1 saturated heterocycles. The van der Waals surface area contributed by atoms with Gasteiger partial charge in [0.15, 0.2) is 5.60 Å². The van der Waals surface area contributed by atoms with Crippen molar-refractivity contribution in [2.24, 2.45) is 7.05 Å². The summed E-state index contributed by atoms with van der Waals surface area (Å²) in [7, 11) is 2.00. The zero-order valence-electron chi connectivity index (χ0n) is 19.4. The normalized spacial score (nSPS) is 16.6. The van der Waals surface area contributed by atoms with Crippen LogP contribution in [0.25, 0.3) is 11.0 Å². The Hall–Kier alpha value is -2.53. The molecule has 0 spiro atoms. The zero-order chi connectivity index (χ0) is 25.1. The number of halogens is 3. The quantitative estimate of drug-likeness (QED) is 0.339. The van der Waals surface area contributed by atoms with E-state index in [0.29, 0.717) is 0 Å². The standard InChI is InChI=1S/C17H19F3N2OS2.C8H8N2/c1-16(23,17(18,19)20)13-4-6-14(7-5-13)21-8-10-22(11-9-21)25-15-3-2-12-24-15;1-10-6-4-7-3-2-5-9-8(7)10/h2-7,12,23H,8-11H2,1H3;2-6H,1H3. The van der Waals surface area contributed by atoms with E-state index in [2.05, 4.69) is 37.8 Å². The average molecular weight is 521 g/mol. The minimum absolute atomic E-state index is 0.143. The first-order valence-corrected chi connectivity index (χ1v) is 12.8. The first-order valence-electron chi connectivity index (χ1n) is 11.1. The molecule has 1 atom stereocenters. The monoisotopic (exact) mass is 520 g/mol. The van der Waals surface area contributed by atoms with Crippen molar-refractivity contribution in [2.75, 3.05) is 31.1 Å². The molecule has 1 aromatic carbocycles. The van der Waals surface area contributed by atoms with Crippen molar-refractivity contribution in [2.45, 2.75) is 22.9 Å². The summed E-state index contributed by atoms with van der Waals surface area (Å²) in [6.45, 7) is 4.17. The third-order valence-electron chi connectivity index (χ3n) is 5.93. The van der Waals surface area contributed by atoms with Gasteiger partial charge in [0.25, 0.3) is 0 Å². The van der Waals surface area contributed by atoms with Gasteiger partial charge in [-0.05, 0) is 66.2 Å². The highest BCUT2D eigenvalue weighted by atomic mass is 32.2. The summed E-state index contributed by atoms with van der Waals surface area (Å²) in [5.41, 5.74) is -1.05. The lowest BCUT2D eigenvalue weighted by molar-refractivity contribution is -0.258. The van der Waals surface area contributed by atoms with Gasteiger partial charge in [0.1, 0.15) is 5.65 Å². The number of fused-ring (bicyclic) bond motifs is 1. The van der Waals surface area contributed by atoms with Crippen molar-refractivity contribution in [1.82, 2.24) is 13.9 Å². The summed E-state index contributed by atoms with van der Waals surface area (Å²) in [4.78, 5) is 6.35. The van der Waals surface area contributed by atoms with Gasteiger partial charge in [0.05, 0.1) is 4.21 Å². The van der Waals surface area contributed by atoms with Crippen molar-refractivity contribution in [3.63, 3.8) is 0 Å². The lowest BCUT2D eigenvalue weighted by Gasteiger charge is -2.35. The van der Waals surface area contributed by atoms with Crippen molar-refractivity contribution < 1.29 is 18.3 Å². The summed E-state index contributed by atoms with van der Waals surface area (Å²) < 4.78 is 44.3. The molecule has 35 heavy (non-hydrogen) atoms. The molecule has 1 aliphatic rings. The Kier molecular flexibility index (Phi) is 7.75. The number of hydrogen-bond donors (Lipinski definition) is 1. The number of aliphatic hydroxyl groups is 1. The Balaban J connectivity index is 0.000000239. The van der Waals surface area contributed by atoms with Gasteiger partial charge >= 0.3 is 6.18 Å². The molecule has 4 aromatic rings. The minimum atomic E-state index is -4.70. The van der Waals surface area contributed by atoms with Crippen molar-refractivity contribution in [3.8, 4) is 0 Å². The maximum atomic E-state index is 12.9. The first-order chi connectivity index (χ1) is 16.6. The van der Waals surface area contributed by atoms with Crippen LogP contribution in [-0.2, 0) is 12.6 Å². The highest BCUT2D eigenvalue weighted by molar-refractivity contribution is 7.98. The van der Waals surface area contributed by atoms with E-state index in [1.165, 1.54) is 21.7 Å². The lowest BCUT2D eigenvalue weighted by atomic mass is 9.95. The van der Waals surface area contributed by atoms with Crippen LogP contribution in [0.5, 0.6) is 0 Å². The van der Waals surface area contributed by atoms with Gasteiger partial charge in [-0.2, -0.15) is 13.2 Å². The van der Waals surface area contributed by atoms with Crippen molar-refractivity contribution >= 4 is 40.0 Å². The molecule has 1 unspecified atom stereocenters. The van der Waals surface area contributed by atoms with E-state index < -0.39 is 11.8 Å². The average Bonchev–Trinajstić information content (AvgIpc) is 3.49. The number of alkyl halides is 3. The molecule has 4 heterocycles. The summed E-state index contributed by atoms with van der Waals surface area (Å²) in [6.07, 6.45) is -0.876. The second kappa shape index (κ2) is 10.6. The molecule has 5 rings (SSSR count). The van der Waals surface area contributed by atoms with E-state index >= 15 is 0 Å². The van der Waals surface area contributed by atoms with Crippen LogP contribution in [0.15, 0.2) is 76.6 Å². The molecule has 3 aromatic heterocycles. The Labute approximate surface area is 210 Å². The van der Waals surface area contributed by atoms with Crippen LogP contribution < -0.4 is 4.90 Å². The van der Waals surface area contributed by atoms with Crippen molar-refractivity contribution in [1.29, 1.82) is 0 Å². The molecule has 0 amide bonds. The third kappa shape index (κ3) is 6.00. The molecule has 1 fully saturated rings. The number of anilines is 1. The van der Waals surface area contributed by atoms with Crippen LogP contribution in [0.2, 0.25) is 0 Å². The zero-order valence-corrected chi connectivity index (χ0v) is 21.1. The van der Waals surface area contributed by atoms with Crippen LogP contribution in [0, 0.1) is 0 Å². The van der Waals surface area contributed by atoms with Gasteiger partial charge in [0.2, 0.25) is 0 Å². The number of aryl methyl sites for hydroxylation is 1. The van der Waals surface area contributed by atoms with E-state index in [0.717, 1.165) is 44.4 Å². The fourth-order valence-electron chi connectivity index (χ4n) is 3.74. The summed E-state index contributed by atoms with van der Waals surface area (Å²) >= 11 is 3.46. The summed E-state index contributed by atoms with van der Waals surface area (Å²) in [5, 5.41) is 13.0. The fourth-order valence-corrected chi connectivity index (χ4v) is 5.58. The van der Waals surface area contributed by atoms with E-state index in [1.54, 1.807) is 35.4 Å². The number of pyridine rings is 1. The van der Waals surface area contributed by atoms with Gasteiger partial charge in [-0.3, -0.25) is 0 Å². The number of aromatic nitrogens is 2. The summed E-state index contributed by atoms with van der Waals surface area (Å²) in [6, 6.07) is 16.2. The Morgan fingerprint density at radius 1 is 0.971 bits per heavy atom. The van der Waals surface area contributed by atoms with E-state index in [4.69, 9.17) is 0 Å². The maximum Gasteiger partial charge on any atom is 0.421 e. The second-order valence-electron chi connectivity index (χ2n) is 8.40. The maximum absolute atomic E-state index is 12.9. The Morgan fingerprint density at radius 3 is 2.29 bits per heavy atom. The molecule has 0 bridgehead atoms. The second-order valence-corrected chi connectivity index (χ2v) is 10.7. The molecular weight excluding hydrogens is 493 g/mol. The van der Waals surface area contributed by atoms with E-state index in [1.807, 2.05) is 36.1 Å². The molecule has 5 nitrogen and oxygen atoms in total. The summed E-state index contributed by atoms with van der Waals surface area (Å²) in [5.74, 6) is 0. The Bertz CT molecular complexity index is 1220. The molecule has 186 valence electrons. The SMILES string of the molecule is CC(O)(c1ccc(N2CCN(Sc3cccs3)CC2)cc1)C(F)(F)F.Cn1ccc2cccnc21. The minimum Gasteiger partial charge on any atom is -0.376 e. The van der Waals surface area contributed by atoms with Crippen LogP contribution >= 0.6 is 23.3 Å². The number of thiophene rings is 1. The number of piperazine rings is 1. The molecule has 0 aliphatic carbocycles. The fraction of sp³-hybridized carbons (Fsp3) is 0.320. The number of nitrogens with zero attached hydrogens (tertiary/aromatic N) is 4. The molecule has 1 aliphatic heterocycles. The van der Waals surface area contributed by atoms with Crippen molar-refractivity contribution in [3.05, 3.63) is 77.9 Å². The predicted octanol–water partition coefficient (Wildman–Crippen LogP) is 5.92. The van der Waals surface area contributed by atoms with Crippen LogP contribution in [0.4, 0.5) is 18.9 Å². The lowest BCUT2D eigenvalue weighted by Crippen LogP contribution is -2.43. The smallest absolute Gasteiger partial charge is 0.376 e. The first kappa shape index (κ1) is 25.6. The molecule has 0 radical (unpaired) electrons. The highest BCUT2D eigenvalue weighted by Crippen LogP contribution is 2.39. The molecule has 1 N–H and O–H groups in total. The highest BCUT2D eigenvalue weighted by Gasteiger charge is 2.51. The largest absolute Gasteiger partial charge is 0.421 e. The number of benzene rings is 1. The van der Waals surface area contributed by atoms with Gasteiger partial charge in [-0.1, -0.05) is 18.2 Å². The van der Waals surface area contributed by atoms with Crippen LogP contribution in [0.1, 0.15) is 12.5 Å². The molecular formula is C25H27F3N4OS2. The van der Waals surface area contributed by atoms with Crippen LogP contribution in [-0.4, -0.2) is 51.3 Å². The van der Waals surface area contributed by atoms with Gasteiger partial charge in [-0.15, -0.1) is 11.3 Å². The third-order valence-corrected chi connectivity index (χ3v) is 8.04. The molecule has 0 saturated carbocycles. The molecule has 10 heteroatoms. The number of hydrogen-bond acceptors (Lipinski definition) is 6. The Morgan fingerprint density at radius 2 is 1.69 bits per heavy atom. The predicted molar refractivity (Wildman–Crippen MR) is 137 cm³/mol. The van der Waals surface area contributed by atoms with Crippen LogP contribution in [0.3, 0.4) is 0 Å². The van der Waals surface area contributed by atoms with E-state index in [-0.39, 0.29) is 5.56 Å². The van der Waals surface area contributed by atoms with Gasteiger partial charge in [-0.25, -0.2) is 9.29 Å². The number of rotatable bonds is 4. The van der Waals surface area contributed by atoms with Gasteiger partial charge < -0.3 is 14.6 Å². The topological polar surface area (TPSA) is 44.5 Å². The van der Waals surface area contributed by atoms with Gasteiger partial charge in [0, 0.05) is 56.7 Å². The van der Waals surface area contributed by atoms with E-state index in [9.17, 15) is 18.3 Å².